The molecule has 7 nitrogen and oxygen atoms in total. The van der Waals surface area contributed by atoms with Crippen LogP contribution in [0, 0.1) is 0 Å². The summed E-state index contributed by atoms with van der Waals surface area (Å²) in [6, 6.07) is 13.6. The molecule has 0 atom stereocenters. The Balaban J connectivity index is 1.73. The highest BCUT2D eigenvalue weighted by Gasteiger charge is 2.11. The number of ether oxygens (including phenoxy) is 2. The van der Waals surface area contributed by atoms with Crippen molar-refractivity contribution in [1.29, 1.82) is 0 Å². The summed E-state index contributed by atoms with van der Waals surface area (Å²) in [6.45, 7) is 0.0371. The summed E-state index contributed by atoms with van der Waals surface area (Å²) in [5, 5.41) is 2.69. The highest BCUT2D eigenvalue weighted by atomic mass is 32.2. The van der Waals surface area contributed by atoms with E-state index in [0.29, 0.717) is 18.5 Å². The van der Waals surface area contributed by atoms with Crippen molar-refractivity contribution in [1.82, 2.24) is 5.32 Å². The molecule has 0 unspecified atom stereocenters. The van der Waals surface area contributed by atoms with Crippen LogP contribution in [-0.4, -0.2) is 46.8 Å². The number of rotatable bonds is 9. The van der Waals surface area contributed by atoms with Gasteiger partial charge in [0.2, 0.25) is 0 Å². The van der Waals surface area contributed by atoms with Crippen molar-refractivity contribution in [3.63, 3.8) is 0 Å². The van der Waals surface area contributed by atoms with E-state index < -0.39 is 21.7 Å². The van der Waals surface area contributed by atoms with E-state index >= 15 is 0 Å². The summed E-state index contributed by atoms with van der Waals surface area (Å²) in [5.74, 6) is -0.366. The standard InChI is InChI=1S/C20H23NO6S/c1-26-18-9-5-15(6-10-18)11-12-21-19(22)13-27-20(23)17-7-3-16(4-8-17)14-28(2,24)25/h3-10H,11-14H2,1-2H3,(H,21,22). The van der Waals surface area contributed by atoms with Crippen LogP contribution in [0.25, 0.3) is 0 Å². The molecule has 0 fully saturated rings. The molecule has 0 aromatic heterocycles. The maximum absolute atomic E-state index is 12.0. The molecule has 1 amide bonds. The van der Waals surface area contributed by atoms with Crippen LogP contribution in [0.5, 0.6) is 5.75 Å². The van der Waals surface area contributed by atoms with Crippen molar-refractivity contribution in [3.8, 4) is 5.75 Å². The molecule has 8 heteroatoms. The van der Waals surface area contributed by atoms with E-state index in [4.69, 9.17) is 9.47 Å². The number of hydrogen-bond donors (Lipinski definition) is 1. The largest absolute Gasteiger partial charge is 0.497 e. The van der Waals surface area contributed by atoms with Crippen molar-refractivity contribution in [2.45, 2.75) is 12.2 Å². The van der Waals surface area contributed by atoms with Crippen molar-refractivity contribution in [2.75, 3.05) is 26.5 Å². The quantitative estimate of drug-likeness (QED) is 0.638. The molecule has 0 saturated carbocycles. The number of sulfone groups is 1. The van der Waals surface area contributed by atoms with Gasteiger partial charge in [0.1, 0.15) is 5.75 Å². The van der Waals surface area contributed by atoms with Gasteiger partial charge in [-0.3, -0.25) is 4.79 Å². The topological polar surface area (TPSA) is 98.8 Å². The Kier molecular flexibility index (Phi) is 7.57. The van der Waals surface area contributed by atoms with Crippen LogP contribution in [0.15, 0.2) is 48.5 Å². The zero-order valence-electron chi connectivity index (χ0n) is 15.8. The molecule has 2 aromatic carbocycles. The van der Waals surface area contributed by atoms with Gasteiger partial charge in [-0.15, -0.1) is 0 Å². The summed E-state index contributed by atoms with van der Waals surface area (Å²) in [7, 11) is -1.54. The van der Waals surface area contributed by atoms with E-state index in [1.807, 2.05) is 24.3 Å². The molecule has 0 radical (unpaired) electrons. The van der Waals surface area contributed by atoms with Gasteiger partial charge in [-0.2, -0.15) is 0 Å². The Labute approximate surface area is 164 Å². The third-order valence-electron chi connectivity index (χ3n) is 3.85. The first-order chi connectivity index (χ1) is 13.3. The van der Waals surface area contributed by atoms with E-state index in [0.717, 1.165) is 17.6 Å². The average molecular weight is 405 g/mol. The zero-order chi connectivity index (χ0) is 20.6. The molecule has 2 aromatic rings. The van der Waals surface area contributed by atoms with Crippen LogP contribution in [0.1, 0.15) is 21.5 Å². The second-order valence-electron chi connectivity index (χ2n) is 6.29. The van der Waals surface area contributed by atoms with Gasteiger partial charge >= 0.3 is 5.97 Å². The molecule has 0 bridgehead atoms. The SMILES string of the molecule is COc1ccc(CCNC(=O)COC(=O)c2ccc(CS(C)(=O)=O)cc2)cc1. The second kappa shape index (κ2) is 9.89. The van der Waals surface area contributed by atoms with Gasteiger partial charge in [0, 0.05) is 12.8 Å². The van der Waals surface area contributed by atoms with Gasteiger partial charge in [-0.05, 0) is 41.8 Å². The van der Waals surface area contributed by atoms with Crippen LogP contribution in [0.4, 0.5) is 0 Å². The number of carbonyl (C=O) groups is 2. The molecule has 0 aliphatic carbocycles. The lowest BCUT2D eigenvalue weighted by Gasteiger charge is -2.08. The van der Waals surface area contributed by atoms with E-state index in [9.17, 15) is 18.0 Å². The van der Waals surface area contributed by atoms with Crippen LogP contribution >= 0.6 is 0 Å². The Hall–Kier alpha value is -2.87. The van der Waals surface area contributed by atoms with E-state index in [-0.39, 0.29) is 17.9 Å². The minimum Gasteiger partial charge on any atom is -0.497 e. The number of hydrogen-bond acceptors (Lipinski definition) is 6. The second-order valence-corrected chi connectivity index (χ2v) is 8.43. The monoisotopic (exact) mass is 405 g/mol. The number of benzene rings is 2. The van der Waals surface area contributed by atoms with Crippen molar-refractivity contribution < 1.29 is 27.5 Å². The fourth-order valence-corrected chi connectivity index (χ4v) is 3.24. The lowest BCUT2D eigenvalue weighted by Crippen LogP contribution is -2.30. The van der Waals surface area contributed by atoms with E-state index in [1.165, 1.54) is 12.1 Å². The number of amides is 1. The summed E-state index contributed by atoms with van der Waals surface area (Å²) >= 11 is 0. The molecule has 0 saturated heterocycles. The van der Waals surface area contributed by atoms with Gasteiger partial charge < -0.3 is 14.8 Å². The molecular weight excluding hydrogens is 382 g/mol. The maximum atomic E-state index is 12.0. The molecular formula is C20H23NO6S. The average Bonchev–Trinajstić information content (AvgIpc) is 2.66. The maximum Gasteiger partial charge on any atom is 0.338 e. The molecule has 150 valence electrons. The Morgan fingerprint density at radius 1 is 0.964 bits per heavy atom. The summed E-state index contributed by atoms with van der Waals surface area (Å²) in [6.07, 6.45) is 1.79. The fraction of sp³-hybridized carbons (Fsp3) is 0.300. The van der Waals surface area contributed by atoms with Crippen LogP contribution in [0.3, 0.4) is 0 Å². The first-order valence-electron chi connectivity index (χ1n) is 8.60. The normalized spacial score (nSPS) is 10.9. The van der Waals surface area contributed by atoms with Crippen molar-refractivity contribution >= 4 is 21.7 Å². The van der Waals surface area contributed by atoms with Gasteiger partial charge in [-0.1, -0.05) is 24.3 Å². The van der Waals surface area contributed by atoms with Gasteiger partial charge in [0.15, 0.2) is 16.4 Å². The Morgan fingerprint density at radius 2 is 1.57 bits per heavy atom. The van der Waals surface area contributed by atoms with Gasteiger partial charge in [0.05, 0.1) is 18.4 Å². The van der Waals surface area contributed by atoms with E-state index in [2.05, 4.69) is 5.32 Å². The molecule has 1 N–H and O–H groups in total. The highest BCUT2D eigenvalue weighted by Crippen LogP contribution is 2.11. The highest BCUT2D eigenvalue weighted by molar-refractivity contribution is 7.89. The van der Waals surface area contributed by atoms with Gasteiger partial charge in [-0.25, -0.2) is 13.2 Å². The predicted octanol–water partition coefficient (Wildman–Crippen LogP) is 1.76. The lowest BCUT2D eigenvalue weighted by molar-refractivity contribution is -0.124. The Morgan fingerprint density at radius 3 is 2.14 bits per heavy atom. The molecule has 0 heterocycles. The molecule has 28 heavy (non-hydrogen) atoms. The predicted molar refractivity (Wildman–Crippen MR) is 105 cm³/mol. The number of carbonyl (C=O) groups excluding carboxylic acids is 2. The number of nitrogens with one attached hydrogen (secondary N) is 1. The number of esters is 1. The molecule has 0 aliphatic heterocycles. The minimum absolute atomic E-state index is 0.0983. The van der Waals surface area contributed by atoms with Crippen LogP contribution < -0.4 is 10.1 Å². The van der Waals surface area contributed by atoms with Crippen molar-refractivity contribution in [2.24, 2.45) is 0 Å². The van der Waals surface area contributed by atoms with Crippen molar-refractivity contribution in [3.05, 3.63) is 65.2 Å². The summed E-state index contributed by atoms with van der Waals surface area (Å²) < 4.78 is 32.6. The van der Waals surface area contributed by atoms with E-state index in [1.54, 1.807) is 19.2 Å². The third-order valence-corrected chi connectivity index (χ3v) is 4.71. The first-order valence-corrected chi connectivity index (χ1v) is 10.7. The van der Waals surface area contributed by atoms with Gasteiger partial charge in [0.25, 0.3) is 5.91 Å². The first kappa shape index (κ1) is 21.4. The lowest BCUT2D eigenvalue weighted by atomic mass is 10.1. The molecule has 0 spiro atoms. The third kappa shape index (κ3) is 7.40. The molecule has 0 aliphatic rings. The van der Waals surface area contributed by atoms with Crippen LogP contribution in [0.2, 0.25) is 0 Å². The fourth-order valence-electron chi connectivity index (χ4n) is 2.44. The smallest absolute Gasteiger partial charge is 0.338 e. The number of methoxy groups -OCH3 is 1. The zero-order valence-corrected chi connectivity index (χ0v) is 16.6. The minimum atomic E-state index is -3.14. The summed E-state index contributed by atoms with van der Waals surface area (Å²) in [4.78, 5) is 23.8. The molecule has 2 rings (SSSR count). The van der Waals surface area contributed by atoms with Crippen LogP contribution in [-0.2, 0) is 31.5 Å². The summed E-state index contributed by atoms with van der Waals surface area (Å²) in [5.41, 5.74) is 1.88. The Bertz CT molecular complexity index is 905.